The summed E-state index contributed by atoms with van der Waals surface area (Å²) in [5.41, 5.74) is 1.83. The minimum absolute atomic E-state index is 0.128. The van der Waals surface area contributed by atoms with Gasteiger partial charge in [0.1, 0.15) is 0 Å². The molecular weight excluding hydrogens is 240 g/mol. The Hall–Kier alpha value is -1.73. The van der Waals surface area contributed by atoms with Crippen molar-refractivity contribution in [3.05, 3.63) is 34.0 Å². The number of rotatable bonds is 5. The first-order valence-corrected chi connectivity index (χ1v) is 5.89. The van der Waals surface area contributed by atoms with Gasteiger partial charge in [-0.05, 0) is 0 Å². The van der Waals surface area contributed by atoms with Crippen LogP contribution in [0, 0.1) is 0 Å². The Morgan fingerprint density at radius 3 is 3.00 bits per heavy atom. The van der Waals surface area contributed by atoms with Crippen LogP contribution in [0.5, 0.6) is 0 Å². The number of aryl methyl sites for hydroxylation is 1. The number of nitrogens with zero attached hydrogens (tertiary/aromatic N) is 3. The topological polar surface area (TPSA) is 80.0 Å². The monoisotopic (exact) mass is 252 g/mol. The quantitative estimate of drug-likeness (QED) is 0.825. The Labute approximate surface area is 102 Å². The Balaban J connectivity index is 1.83. The van der Waals surface area contributed by atoms with Gasteiger partial charge in [-0.15, -0.1) is 11.3 Å². The molecule has 0 saturated carbocycles. The smallest absolute Gasteiger partial charge is 0.365 e. The number of hydrogen-bond acceptors (Lipinski definition) is 5. The van der Waals surface area contributed by atoms with E-state index in [1.54, 1.807) is 16.3 Å². The Morgan fingerprint density at radius 1 is 1.59 bits per heavy atom. The van der Waals surface area contributed by atoms with Gasteiger partial charge < -0.3 is 10.4 Å². The van der Waals surface area contributed by atoms with Crippen molar-refractivity contribution in [1.29, 1.82) is 0 Å². The van der Waals surface area contributed by atoms with E-state index in [9.17, 15) is 4.79 Å². The predicted octanol–water partition coefficient (Wildman–Crippen LogP) is 0.865. The van der Waals surface area contributed by atoms with Gasteiger partial charge in [0.25, 0.3) is 0 Å². The molecule has 0 spiro atoms. The number of carbonyl (C=O) groups is 1. The summed E-state index contributed by atoms with van der Waals surface area (Å²) >= 11 is 1.14. The molecule has 0 aromatic carbocycles. The van der Waals surface area contributed by atoms with Crippen LogP contribution in [0.3, 0.4) is 0 Å². The molecule has 0 saturated heterocycles. The molecule has 2 aromatic heterocycles. The minimum atomic E-state index is -0.978. The summed E-state index contributed by atoms with van der Waals surface area (Å²) in [7, 11) is 1.86. The molecular formula is C10H12N4O2S. The molecule has 2 N–H and O–H groups in total. The highest BCUT2D eigenvalue weighted by Crippen LogP contribution is 2.09. The van der Waals surface area contributed by atoms with Crippen LogP contribution in [0.15, 0.2) is 17.8 Å². The fraction of sp³-hybridized carbons (Fsp3) is 0.300. The molecule has 17 heavy (non-hydrogen) atoms. The van der Waals surface area contributed by atoms with Crippen molar-refractivity contribution in [2.45, 2.75) is 13.1 Å². The highest BCUT2D eigenvalue weighted by Gasteiger charge is 2.08. The Kier molecular flexibility index (Phi) is 3.50. The standard InChI is InChI=1S/C10H12N4O2S/c1-14-5-7(3-12-14)2-11-4-8-6-17-9(13-8)10(15)16/h3,5-6,11H,2,4H2,1H3,(H,15,16). The number of nitrogens with one attached hydrogen (secondary N) is 1. The molecule has 2 rings (SSSR count). The van der Waals surface area contributed by atoms with Gasteiger partial charge in [0.15, 0.2) is 0 Å². The first-order chi connectivity index (χ1) is 8.15. The molecule has 90 valence electrons. The van der Waals surface area contributed by atoms with E-state index >= 15 is 0 Å². The highest BCUT2D eigenvalue weighted by molar-refractivity contribution is 7.11. The zero-order chi connectivity index (χ0) is 12.3. The van der Waals surface area contributed by atoms with E-state index in [4.69, 9.17) is 5.11 Å². The van der Waals surface area contributed by atoms with Crippen LogP contribution in [0.1, 0.15) is 21.1 Å². The highest BCUT2D eigenvalue weighted by atomic mass is 32.1. The molecule has 0 amide bonds. The number of hydrogen-bond donors (Lipinski definition) is 2. The van der Waals surface area contributed by atoms with Gasteiger partial charge in [-0.1, -0.05) is 0 Å². The fourth-order valence-electron chi connectivity index (χ4n) is 1.38. The molecule has 0 aliphatic heterocycles. The number of carboxylic acids is 1. The van der Waals surface area contributed by atoms with E-state index in [0.717, 1.165) is 22.6 Å². The molecule has 0 radical (unpaired) electrons. The van der Waals surface area contributed by atoms with Crippen molar-refractivity contribution in [2.24, 2.45) is 7.05 Å². The zero-order valence-corrected chi connectivity index (χ0v) is 10.1. The van der Waals surface area contributed by atoms with Crippen molar-refractivity contribution in [1.82, 2.24) is 20.1 Å². The molecule has 2 aromatic rings. The average Bonchev–Trinajstić information content (AvgIpc) is 2.88. The third-order valence-corrected chi connectivity index (χ3v) is 3.01. The second-order valence-electron chi connectivity index (χ2n) is 3.57. The van der Waals surface area contributed by atoms with Crippen LogP contribution in [0.2, 0.25) is 0 Å². The van der Waals surface area contributed by atoms with Gasteiger partial charge in [-0.2, -0.15) is 5.10 Å². The molecule has 0 atom stereocenters. The third-order valence-electron chi connectivity index (χ3n) is 2.13. The van der Waals surface area contributed by atoms with Crippen molar-refractivity contribution in [2.75, 3.05) is 0 Å². The lowest BCUT2D eigenvalue weighted by Crippen LogP contribution is -2.12. The Morgan fingerprint density at radius 2 is 2.41 bits per heavy atom. The van der Waals surface area contributed by atoms with E-state index in [1.165, 1.54) is 0 Å². The van der Waals surface area contributed by atoms with Crippen LogP contribution in [0.25, 0.3) is 0 Å². The van der Waals surface area contributed by atoms with Gasteiger partial charge in [0, 0.05) is 37.3 Å². The molecule has 2 heterocycles. The van der Waals surface area contributed by atoms with Crippen molar-refractivity contribution in [3.8, 4) is 0 Å². The molecule has 0 bridgehead atoms. The van der Waals surface area contributed by atoms with Gasteiger partial charge >= 0.3 is 5.97 Å². The van der Waals surface area contributed by atoms with E-state index in [-0.39, 0.29) is 5.01 Å². The van der Waals surface area contributed by atoms with E-state index < -0.39 is 5.97 Å². The second kappa shape index (κ2) is 5.07. The maximum absolute atomic E-state index is 10.6. The lowest BCUT2D eigenvalue weighted by atomic mass is 10.3. The molecule has 0 fully saturated rings. The zero-order valence-electron chi connectivity index (χ0n) is 9.25. The molecule has 0 unspecified atom stereocenters. The van der Waals surface area contributed by atoms with Gasteiger partial charge in [0.2, 0.25) is 5.01 Å². The van der Waals surface area contributed by atoms with Crippen molar-refractivity contribution >= 4 is 17.3 Å². The summed E-state index contributed by atoms with van der Waals surface area (Å²) in [5.74, 6) is -0.978. The number of carboxylic acid groups (broad SMARTS) is 1. The summed E-state index contributed by atoms with van der Waals surface area (Å²) in [6.07, 6.45) is 3.72. The molecule has 0 aliphatic carbocycles. The largest absolute Gasteiger partial charge is 0.476 e. The van der Waals surface area contributed by atoms with E-state index in [0.29, 0.717) is 13.1 Å². The van der Waals surface area contributed by atoms with Gasteiger partial charge in [0.05, 0.1) is 11.9 Å². The van der Waals surface area contributed by atoms with Crippen molar-refractivity contribution in [3.63, 3.8) is 0 Å². The first-order valence-electron chi connectivity index (χ1n) is 5.01. The maximum Gasteiger partial charge on any atom is 0.365 e. The van der Waals surface area contributed by atoms with Gasteiger partial charge in [-0.25, -0.2) is 9.78 Å². The summed E-state index contributed by atoms with van der Waals surface area (Å²) in [4.78, 5) is 14.6. The van der Waals surface area contributed by atoms with Crippen LogP contribution < -0.4 is 5.32 Å². The summed E-state index contributed by atoms with van der Waals surface area (Å²) in [5, 5.41) is 17.8. The number of aromatic carboxylic acids is 1. The lowest BCUT2D eigenvalue weighted by Gasteiger charge is -1.99. The molecule has 7 heteroatoms. The van der Waals surface area contributed by atoms with Gasteiger partial charge in [-0.3, -0.25) is 4.68 Å². The first kappa shape index (κ1) is 11.7. The van der Waals surface area contributed by atoms with Crippen LogP contribution >= 0.6 is 11.3 Å². The second-order valence-corrected chi connectivity index (χ2v) is 4.43. The predicted molar refractivity (Wildman–Crippen MR) is 62.8 cm³/mol. The van der Waals surface area contributed by atoms with E-state index in [2.05, 4.69) is 15.4 Å². The summed E-state index contributed by atoms with van der Waals surface area (Å²) < 4.78 is 1.74. The van der Waals surface area contributed by atoms with Crippen LogP contribution in [0.4, 0.5) is 0 Å². The maximum atomic E-state index is 10.6. The molecule has 0 aliphatic rings. The van der Waals surface area contributed by atoms with E-state index in [1.807, 2.05) is 13.2 Å². The van der Waals surface area contributed by atoms with Crippen LogP contribution in [-0.2, 0) is 20.1 Å². The summed E-state index contributed by atoms with van der Waals surface area (Å²) in [6, 6.07) is 0. The third kappa shape index (κ3) is 3.11. The van der Waals surface area contributed by atoms with Crippen molar-refractivity contribution < 1.29 is 9.90 Å². The van der Waals surface area contributed by atoms with Crippen LogP contribution in [-0.4, -0.2) is 25.8 Å². The normalized spacial score (nSPS) is 10.6. The number of aromatic nitrogens is 3. The minimum Gasteiger partial charge on any atom is -0.476 e. The average molecular weight is 252 g/mol. The SMILES string of the molecule is Cn1cc(CNCc2csc(C(=O)O)n2)cn1. The molecule has 6 nitrogen and oxygen atoms in total. The summed E-state index contributed by atoms with van der Waals surface area (Å²) in [6.45, 7) is 1.24. The Bertz CT molecular complexity index is 520. The lowest BCUT2D eigenvalue weighted by molar-refractivity contribution is 0.0696. The number of thiazole rings is 1. The fourth-order valence-corrected chi connectivity index (χ4v) is 2.04.